The quantitative estimate of drug-likeness (QED) is 0.802. The minimum absolute atomic E-state index is 0.00864. The molecule has 2 N–H and O–H groups in total. The van der Waals surface area contributed by atoms with Crippen molar-refractivity contribution in [1.29, 1.82) is 0 Å². The van der Waals surface area contributed by atoms with Crippen molar-refractivity contribution >= 4 is 43.2 Å². The second-order valence-electron chi connectivity index (χ2n) is 5.23. The molecule has 2 heterocycles. The fourth-order valence-corrected chi connectivity index (χ4v) is 4.22. The number of rotatable bonds is 2. The molecular formula is C13H15Br2N3S. The Kier molecular flexibility index (Phi) is 4.45. The molecule has 0 unspecified atom stereocenters. The third kappa shape index (κ3) is 3.24. The molecule has 0 bridgehead atoms. The van der Waals surface area contributed by atoms with Crippen LogP contribution >= 0.6 is 43.2 Å². The summed E-state index contributed by atoms with van der Waals surface area (Å²) >= 11 is 8.55. The van der Waals surface area contributed by atoms with Crippen molar-refractivity contribution in [3.63, 3.8) is 0 Å². The molecule has 0 spiro atoms. The molecular weight excluding hydrogens is 390 g/mol. The molecule has 0 fully saturated rings. The highest BCUT2D eigenvalue weighted by atomic mass is 79.9. The molecule has 0 aliphatic carbocycles. The van der Waals surface area contributed by atoms with Gasteiger partial charge >= 0.3 is 0 Å². The predicted molar refractivity (Wildman–Crippen MR) is 87.3 cm³/mol. The molecule has 0 atom stereocenters. The molecule has 102 valence electrons. The lowest BCUT2D eigenvalue weighted by Gasteiger charge is -2.16. The van der Waals surface area contributed by atoms with Gasteiger partial charge in [-0.15, -0.1) is 11.3 Å². The molecule has 0 amide bonds. The van der Waals surface area contributed by atoms with Crippen LogP contribution in [0.1, 0.15) is 31.3 Å². The first-order valence-electron chi connectivity index (χ1n) is 5.84. The molecule has 6 heteroatoms. The number of aromatic nitrogens is 2. The summed E-state index contributed by atoms with van der Waals surface area (Å²) in [6.45, 7) is 6.96. The van der Waals surface area contributed by atoms with E-state index < -0.39 is 0 Å². The number of thiazole rings is 1. The Morgan fingerprint density at radius 2 is 2.00 bits per heavy atom. The van der Waals surface area contributed by atoms with Gasteiger partial charge in [0.25, 0.3) is 0 Å². The largest absolute Gasteiger partial charge is 0.326 e. The molecule has 0 saturated heterocycles. The third-order valence-corrected chi connectivity index (χ3v) is 4.73. The molecule has 3 nitrogen and oxygen atoms in total. The predicted octanol–water partition coefficient (Wildman–Crippen LogP) is 4.49. The lowest BCUT2D eigenvalue weighted by Crippen LogP contribution is -2.15. The summed E-state index contributed by atoms with van der Waals surface area (Å²) < 4.78 is 1.87. The van der Waals surface area contributed by atoms with Gasteiger partial charge in [0.15, 0.2) is 0 Å². The highest BCUT2D eigenvalue weighted by Crippen LogP contribution is 2.36. The number of nitrogens with two attached hydrogens (primary N) is 1. The van der Waals surface area contributed by atoms with Gasteiger partial charge in [-0.2, -0.15) is 0 Å². The van der Waals surface area contributed by atoms with Crippen LogP contribution < -0.4 is 5.73 Å². The topological polar surface area (TPSA) is 51.8 Å². The van der Waals surface area contributed by atoms with Crippen molar-refractivity contribution in [1.82, 2.24) is 9.97 Å². The van der Waals surface area contributed by atoms with Gasteiger partial charge in [0.05, 0.1) is 5.69 Å². The first-order chi connectivity index (χ1) is 8.82. The van der Waals surface area contributed by atoms with E-state index >= 15 is 0 Å². The van der Waals surface area contributed by atoms with E-state index in [-0.39, 0.29) is 5.41 Å². The van der Waals surface area contributed by atoms with Gasteiger partial charge < -0.3 is 5.73 Å². The van der Waals surface area contributed by atoms with Crippen molar-refractivity contribution in [2.45, 2.75) is 32.7 Å². The van der Waals surface area contributed by atoms with Gasteiger partial charge in [0.1, 0.15) is 10.7 Å². The minimum atomic E-state index is -0.00864. The maximum atomic E-state index is 5.83. The summed E-state index contributed by atoms with van der Waals surface area (Å²) in [5.74, 6) is 0. The van der Waals surface area contributed by atoms with Crippen LogP contribution in [0.3, 0.4) is 0 Å². The van der Waals surface area contributed by atoms with Crippen LogP contribution in [-0.4, -0.2) is 9.97 Å². The van der Waals surface area contributed by atoms with Gasteiger partial charge in [-0.25, -0.2) is 4.98 Å². The highest BCUT2D eigenvalue weighted by Gasteiger charge is 2.24. The molecule has 2 aromatic rings. The molecule has 2 aromatic heterocycles. The van der Waals surface area contributed by atoms with Crippen LogP contribution in [0.4, 0.5) is 0 Å². The summed E-state index contributed by atoms with van der Waals surface area (Å²) in [6, 6.07) is 1.97. The van der Waals surface area contributed by atoms with E-state index in [2.05, 4.69) is 57.6 Å². The van der Waals surface area contributed by atoms with E-state index in [4.69, 9.17) is 10.7 Å². The van der Waals surface area contributed by atoms with Crippen LogP contribution in [0, 0.1) is 0 Å². The molecule has 0 radical (unpaired) electrons. The average molecular weight is 405 g/mol. The average Bonchev–Trinajstić information content (AvgIpc) is 2.72. The first kappa shape index (κ1) is 15.1. The van der Waals surface area contributed by atoms with Crippen LogP contribution in [-0.2, 0) is 12.0 Å². The van der Waals surface area contributed by atoms with Crippen molar-refractivity contribution < 1.29 is 0 Å². The first-order valence-corrected chi connectivity index (χ1v) is 8.25. The van der Waals surface area contributed by atoms with Crippen LogP contribution in [0.2, 0.25) is 0 Å². The molecule has 2 rings (SSSR count). The molecule has 0 aromatic carbocycles. The Morgan fingerprint density at radius 1 is 1.32 bits per heavy atom. The standard InChI is InChI=1S/C13H15Br2N3S/c1-13(2,3)11-9(5-16)19-12(18-11)10-8(15)4-7(14)6-17-10/h4,6H,5,16H2,1-3H3. The molecule has 0 aliphatic heterocycles. The number of pyridine rings is 1. The zero-order chi connectivity index (χ0) is 14.2. The summed E-state index contributed by atoms with van der Waals surface area (Å²) in [6.07, 6.45) is 1.78. The number of nitrogens with zero attached hydrogens (tertiary/aromatic N) is 2. The van der Waals surface area contributed by atoms with Crippen LogP contribution in [0.5, 0.6) is 0 Å². The van der Waals surface area contributed by atoms with E-state index in [1.165, 1.54) is 0 Å². The molecule has 0 saturated carbocycles. The third-order valence-electron chi connectivity index (χ3n) is 2.60. The lowest BCUT2D eigenvalue weighted by molar-refractivity contribution is 0.567. The highest BCUT2D eigenvalue weighted by molar-refractivity contribution is 9.11. The van der Waals surface area contributed by atoms with Crippen molar-refractivity contribution in [3.8, 4) is 10.7 Å². The van der Waals surface area contributed by atoms with Gasteiger partial charge in [0.2, 0.25) is 0 Å². The summed E-state index contributed by atoms with van der Waals surface area (Å²) in [7, 11) is 0. The lowest BCUT2D eigenvalue weighted by atomic mass is 9.91. The second kappa shape index (κ2) is 5.60. The Labute approximate surface area is 133 Å². The zero-order valence-electron chi connectivity index (χ0n) is 11.0. The van der Waals surface area contributed by atoms with E-state index in [0.29, 0.717) is 6.54 Å². The fraction of sp³-hybridized carbons (Fsp3) is 0.385. The summed E-state index contributed by atoms with van der Waals surface area (Å²) in [5.41, 5.74) is 7.74. The fourth-order valence-electron chi connectivity index (χ4n) is 1.75. The Morgan fingerprint density at radius 3 is 2.47 bits per heavy atom. The van der Waals surface area contributed by atoms with E-state index in [1.807, 2.05) is 6.07 Å². The van der Waals surface area contributed by atoms with Crippen LogP contribution in [0.25, 0.3) is 10.7 Å². The SMILES string of the molecule is CC(C)(C)c1nc(-c2ncc(Br)cc2Br)sc1CN. The second-order valence-corrected chi connectivity index (χ2v) is 8.08. The minimum Gasteiger partial charge on any atom is -0.326 e. The maximum Gasteiger partial charge on any atom is 0.143 e. The van der Waals surface area contributed by atoms with Gasteiger partial charge in [-0.05, 0) is 37.9 Å². The zero-order valence-corrected chi connectivity index (χ0v) is 15.0. The van der Waals surface area contributed by atoms with Crippen molar-refractivity contribution in [2.75, 3.05) is 0 Å². The summed E-state index contributed by atoms with van der Waals surface area (Å²) in [5, 5.41) is 0.907. The number of halogens is 2. The van der Waals surface area contributed by atoms with E-state index in [0.717, 1.165) is 30.2 Å². The molecule has 19 heavy (non-hydrogen) atoms. The Balaban J connectivity index is 2.55. The Bertz CT molecular complexity index is 602. The van der Waals surface area contributed by atoms with Gasteiger partial charge in [0, 0.05) is 32.0 Å². The number of hydrogen-bond acceptors (Lipinski definition) is 4. The van der Waals surface area contributed by atoms with E-state index in [9.17, 15) is 0 Å². The number of hydrogen-bond donors (Lipinski definition) is 1. The van der Waals surface area contributed by atoms with E-state index in [1.54, 1.807) is 17.5 Å². The van der Waals surface area contributed by atoms with Gasteiger partial charge in [-0.1, -0.05) is 20.8 Å². The normalized spacial score (nSPS) is 11.9. The molecule has 0 aliphatic rings. The maximum absolute atomic E-state index is 5.83. The smallest absolute Gasteiger partial charge is 0.143 e. The Hall–Kier alpha value is -0.300. The van der Waals surface area contributed by atoms with Crippen molar-refractivity contribution in [2.24, 2.45) is 5.73 Å². The monoisotopic (exact) mass is 403 g/mol. The van der Waals surface area contributed by atoms with Crippen LogP contribution in [0.15, 0.2) is 21.2 Å². The summed E-state index contributed by atoms with van der Waals surface area (Å²) in [4.78, 5) is 10.3. The van der Waals surface area contributed by atoms with Crippen molar-refractivity contribution in [3.05, 3.63) is 31.8 Å². The van der Waals surface area contributed by atoms with Gasteiger partial charge in [-0.3, -0.25) is 4.98 Å².